The molecule has 1 aromatic rings. The molecule has 1 aliphatic carbocycles. The molecule has 0 aliphatic heterocycles. The Morgan fingerprint density at radius 2 is 1.87 bits per heavy atom. The van der Waals surface area contributed by atoms with E-state index in [1.54, 1.807) is 0 Å². The van der Waals surface area contributed by atoms with Crippen molar-refractivity contribution in [2.75, 3.05) is 5.73 Å². The average molecular weight is 230 g/mol. The first-order valence-electron chi connectivity index (χ1n) is 5.17. The normalized spacial score (nSPS) is 18.0. The summed E-state index contributed by atoms with van der Waals surface area (Å²) in [4.78, 5) is 7.54. The Labute approximate surface area is 92.9 Å². The molecule has 1 aliphatic rings. The predicted molar refractivity (Wildman–Crippen MR) is 57.2 cm³/mol. The summed E-state index contributed by atoms with van der Waals surface area (Å²) in [5.74, 6) is -0.483. The van der Waals surface area contributed by atoms with Crippen LogP contribution in [0, 0.1) is 5.82 Å². The Kier molecular flexibility index (Phi) is 3.05. The summed E-state index contributed by atoms with van der Waals surface area (Å²) in [6.07, 6.45) is 5.37. The lowest BCUT2D eigenvalue weighted by Gasteiger charge is -2.21. The summed E-state index contributed by atoms with van der Waals surface area (Å²) in [6, 6.07) is 0. The molecule has 5 heteroatoms. The van der Waals surface area contributed by atoms with Crippen molar-refractivity contribution in [3.8, 4) is 0 Å². The van der Waals surface area contributed by atoms with Crippen LogP contribution < -0.4 is 5.73 Å². The highest BCUT2D eigenvalue weighted by Crippen LogP contribution is 2.34. The lowest BCUT2D eigenvalue weighted by Crippen LogP contribution is -2.12. The molecule has 2 N–H and O–H groups in total. The van der Waals surface area contributed by atoms with E-state index in [9.17, 15) is 4.39 Å². The first-order valence-corrected chi connectivity index (χ1v) is 5.54. The van der Waals surface area contributed by atoms with E-state index in [-0.39, 0.29) is 17.0 Å². The van der Waals surface area contributed by atoms with Gasteiger partial charge in [0.1, 0.15) is 0 Å². The third-order valence-electron chi connectivity index (χ3n) is 2.87. The average Bonchev–Trinajstić information content (AvgIpc) is 2.24. The molecule has 82 valence electrons. The first-order chi connectivity index (χ1) is 7.18. The molecule has 1 fully saturated rings. The first kappa shape index (κ1) is 10.6. The molecule has 0 amide bonds. The summed E-state index contributed by atoms with van der Waals surface area (Å²) < 4.78 is 13.7. The van der Waals surface area contributed by atoms with Crippen LogP contribution in [-0.4, -0.2) is 9.97 Å². The number of rotatable bonds is 1. The number of nitrogens with two attached hydrogens (primary N) is 1. The van der Waals surface area contributed by atoms with Crippen molar-refractivity contribution in [3.63, 3.8) is 0 Å². The van der Waals surface area contributed by atoms with Gasteiger partial charge in [0.15, 0.2) is 11.6 Å². The van der Waals surface area contributed by atoms with Crippen LogP contribution in [0.25, 0.3) is 0 Å². The van der Waals surface area contributed by atoms with E-state index in [1.807, 2.05) is 0 Å². The second-order valence-corrected chi connectivity index (χ2v) is 4.25. The zero-order valence-corrected chi connectivity index (χ0v) is 9.10. The van der Waals surface area contributed by atoms with E-state index in [0.29, 0.717) is 5.69 Å². The molecule has 15 heavy (non-hydrogen) atoms. The topological polar surface area (TPSA) is 51.8 Å². The highest BCUT2D eigenvalue weighted by Gasteiger charge is 2.22. The van der Waals surface area contributed by atoms with E-state index in [2.05, 4.69) is 9.97 Å². The summed E-state index contributed by atoms with van der Waals surface area (Å²) in [5, 5.41) is 0.0365. The molecule has 3 nitrogen and oxygen atoms in total. The number of halogens is 2. The second kappa shape index (κ2) is 4.31. The Morgan fingerprint density at radius 3 is 2.53 bits per heavy atom. The maximum absolute atomic E-state index is 13.7. The van der Waals surface area contributed by atoms with Crippen molar-refractivity contribution in [1.82, 2.24) is 9.97 Å². The van der Waals surface area contributed by atoms with Crippen molar-refractivity contribution in [2.24, 2.45) is 0 Å². The van der Waals surface area contributed by atoms with Gasteiger partial charge in [-0.25, -0.2) is 9.37 Å². The van der Waals surface area contributed by atoms with Crippen LogP contribution in [0.4, 0.5) is 10.2 Å². The van der Waals surface area contributed by atoms with Crippen molar-refractivity contribution in [3.05, 3.63) is 16.8 Å². The molecular weight excluding hydrogens is 217 g/mol. The third-order valence-corrected chi connectivity index (χ3v) is 3.04. The quantitative estimate of drug-likeness (QED) is 0.754. The summed E-state index contributed by atoms with van der Waals surface area (Å²) in [7, 11) is 0. The molecule has 1 aromatic heterocycles. The number of hydrogen-bond acceptors (Lipinski definition) is 3. The van der Waals surface area contributed by atoms with E-state index in [4.69, 9.17) is 17.3 Å². The minimum absolute atomic E-state index is 0.0365. The van der Waals surface area contributed by atoms with E-state index >= 15 is 0 Å². The largest absolute Gasteiger partial charge is 0.381 e. The molecule has 0 aromatic carbocycles. The number of anilines is 1. The summed E-state index contributed by atoms with van der Waals surface area (Å²) >= 11 is 5.67. The van der Waals surface area contributed by atoms with Crippen molar-refractivity contribution < 1.29 is 4.39 Å². The highest BCUT2D eigenvalue weighted by molar-refractivity contribution is 6.28. The molecule has 0 saturated heterocycles. The lowest BCUT2D eigenvalue weighted by atomic mass is 9.86. The van der Waals surface area contributed by atoms with Gasteiger partial charge in [-0.05, 0) is 24.4 Å². The van der Waals surface area contributed by atoms with Gasteiger partial charge >= 0.3 is 0 Å². The van der Waals surface area contributed by atoms with Gasteiger partial charge in [0, 0.05) is 5.92 Å². The van der Waals surface area contributed by atoms with Crippen LogP contribution in [0.1, 0.15) is 43.7 Å². The maximum atomic E-state index is 13.7. The third kappa shape index (κ3) is 2.20. The molecule has 0 spiro atoms. The summed E-state index contributed by atoms with van der Waals surface area (Å²) in [6.45, 7) is 0. The fourth-order valence-corrected chi connectivity index (χ4v) is 2.28. The zero-order chi connectivity index (χ0) is 10.8. The van der Waals surface area contributed by atoms with Gasteiger partial charge in [-0.3, -0.25) is 0 Å². The molecule has 0 bridgehead atoms. The van der Waals surface area contributed by atoms with Gasteiger partial charge < -0.3 is 5.73 Å². The van der Waals surface area contributed by atoms with Crippen LogP contribution in [0.2, 0.25) is 5.28 Å². The molecule has 0 atom stereocenters. The van der Waals surface area contributed by atoms with Crippen LogP contribution in [-0.2, 0) is 0 Å². The number of aromatic nitrogens is 2. The Hall–Kier alpha value is -0.900. The predicted octanol–water partition coefficient (Wildman–Crippen LogP) is 2.90. The highest BCUT2D eigenvalue weighted by atomic mass is 35.5. The maximum Gasteiger partial charge on any atom is 0.224 e. The molecule has 0 unspecified atom stereocenters. The van der Waals surface area contributed by atoms with Crippen molar-refractivity contribution in [1.29, 1.82) is 0 Å². The van der Waals surface area contributed by atoms with Crippen LogP contribution >= 0.6 is 11.6 Å². The minimum atomic E-state index is -0.494. The molecule has 2 rings (SSSR count). The van der Waals surface area contributed by atoms with Gasteiger partial charge in [0.05, 0.1) is 5.69 Å². The molecule has 1 saturated carbocycles. The zero-order valence-electron chi connectivity index (χ0n) is 8.34. The SMILES string of the molecule is Nc1nc(Cl)nc(C2CCCCC2)c1F. The van der Waals surface area contributed by atoms with Gasteiger partial charge in [-0.15, -0.1) is 0 Å². The Bertz CT molecular complexity index is 364. The number of nitrogen functional groups attached to an aromatic ring is 1. The van der Waals surface area contributed by atoms with Crippen molar-refractivity contribution >= 4 is 17.4 Å². The molecular formula is C10H13ClFN3. The second-order valence-electron chi connectivity index (χ2n) is 3.91. The van der Waals surface area contributed by atoms with Gasteiger partial charge in [0.2, 0.25) is 5.28 Å². The lowest BCUT2D eigenvalue weighted by molar-refractivity contribution is 0.420. The van der Waals surface area contributed by atoms with Gasteiger partial charge in [0.25, 0.3) is 0 Å². The molecule has 1 heterocycles. The van der Waals surface area contributed by atoms with Crippen molar-refractivity contribution in [2.45, 2.75) is 38.0 Å². The van der Waals surface area contributed by atoms with Crippen LogP contribution in [0.3, 0.4) is 0 Å². The van der Waals surface area contributed by atoms with E-state index in [1.165, 1.54) is 6.42 Å². The molecule has 0 radical (unpaired) electrons. The smallest absolute Gasteiger partial charge is 0.224 e. The fourth-order valence-electron chi connectivity index (χ4n) is 2.10. The summed E-state index contributed by atoms with van der Waals surface area (Å²) in [5.41, 5.74) is 5.81. The van der Waals surface area contributed by atoms with Crippen LogP contribution in [0.15, 0.2) is 0 Å². The number of hydrogen-bond donors (Lipinski definition) is 1. The standard InChI is InChI=1S/C10H13ClFN3/c11-10-14-8(7(12)9(13)15-10)6-4-2-1-3-5-6/h6H,1-5H2,(H2,13,14,15). The van der Waals surface area contributed by atoms with E-state index in [0.717, 1.165) is 25.7 Å². The van der Waals surface area contributed by atoms with Gasteiger partial charge in [-0.1, -0.05) is 19.3 Å². The minimum Gasteiger partial charge on any atom is -0.381 e. The van der Waals surface area contributed by atoms with Gasteiger partial charge in [-0.2, -0.15) is 4.98 Å². The number of nitrogens with zero attached hydrogens (tertiary/aromatic N) is 2. The van der Waals surface area contributed by atoms with Crippen LogP contribution in [0.5, 0.6) is 0 Å². The van der Waals surface area contributed by atoms with E-state index < -0.39 is 5.82 Å². The Balaban J connectivity index is 2.33. The monoisotopic (exact) mass is 229 g/mol. The fraction of sp³-hybridized carbons (Fsp3) is 0.600. The Morgan fingerprint density at radius 1 is 1.20 bits per heavy atom.